The Balaban J connectivity index is 4.55. The molecule has 3 nitrogen and oxygen atoms in total. The number of nitrogens with zero attached hydrogens (tertiary/aromatic N) is 1. The van der Waals surface area contributed by atoms with Crippen LogP contribution in [-0.4, -0.2) is 18.2 Å². The molecule has 0 aromatic carbocycles. The number of ether oxygens (including phenoxy) is 1. The molecule has 0 aliphatic carbocycles. The summed E-state index contributed by atoms with van der Waals surface area (Å²) in [7, 11) is 0. The van der Waals surface area contributed by atoms with Gasteiger partial charge in [0.25, 0.3) is 5.67 Å². The first-order valence-corrected chi connectivity index (χ1v) is 3.76. The van der Waals surface area contributed by atoms with E-state index in [9.17, 15) is 9.18 Å². The molecule has 0 saturated heterocycles. The molecular formula is C8H12FNO2. The lowest BCUT2D eigenvalue weighted by Crippen LogP contribution is -2.39. The second-order valence-electron chi connectivity index (χ2n) is 2.70. The van der Waals surface area contributed by atoms with Crippen LogP contribution >= 0.6 is 0 Å². The molecule has 0 N–H and O–H groups in total. The minimum atomic E-state index is -2.50. The first-order chi connectivity index (χ1) is 5.49. The molecule has 4 heteroatoms. The normalized spacial score (nSPS) is 15.0. The van der Waals surface area contributed by atoms with Crippen molar-refractivity contribution in [3.8, 4) is 6.07 Å². The summed E-state index contributed by atoms with van der Waals surface area (Å²) in [5.74, 6) is -1.79. The van der Waals surface area contributed by atoms with Crippen LogP contribution in [0.1, 0.15) is 20.8 Å². The Labute approximate surface area is 71.1 Å². The molecule has 0 aliphatic heterocycles. The van der Waals surface area contributed by atoms with Crippen molar-refractivity contribution in [1.82, 2.24) is 0 Å². The third-order valence-electron chi connectivity index (χ3n) is 1.53. The highest BCUT2D eigenvalue weighted by molar-refractivity contribution is 5.83. The van der Waals surface area contributed by atoms with Crippen molar-refractivity contribution in [2.75, 3.05) is 6.61 Å². The molecule has 0 fully saturated rings. The van der Waals surface area contributed by atoms with Crippen LogP contribution in [0.2, 0.25) is 0 Å². The number of alkyl halides is 1. The van der Waals surface area contributed by atoms with Crippen molar-refractivity contribution >= 4 is 5.97 Å². The van der Waals surface area contributed by atoms with Crippen molar-refractivity contribution in [1.29, 1.82) is 5.26 Å². The lowest BCUT2D eigenvalue weighted by atomic mass is 9.94. The van der Waals surface area contributed by atoms with E-state index in [2.05, 4.69) is 4.74 Å². The van der Waals surface area contributed by atoms with Gasteiger partial charge in [-0.2, -0.15) is 5.26 Å². The quantitative estimate of drug-likeness (QED) is 0.607. The minimum Gasteiger partial charge on any atom is -0.463 e. The molecule has 0 aromatic rings. The lowest BCUT2D eigenvalue weighted by molar-refractivity contribution is -0.155. The predicted molar refractivity (Wildman–Crippen MR) is 40.9 cm³/mol. The number of nitriles is 1. The molecule has 0 amide bonds. The van der Waals surface area contributed by atoms with Gasteiger partial charge in [-0.1, -0.05) is 13.8 Å². The Bertz CT molecular complexity index is 210. The molecule has 12 heavy (non-hydrogen) atoms. The van der Waals surface area contributed by atoms with Crippen molar-refractivity contribution in [2.45, 2.75) is 26.4 Å². The maximum absolute atomic E-state index is 13.4. The van der Waals surface area contributed by atoms with E-state index in [1.807, 2.05) is 0 Å². The van der Waals surface area contributed by atoms with Gasteiger partial charge in [0.05, 0.1) is 6.61 Å². The summed E-state index contributed by atoms with van der Waals surface area (Å²) in [4.78, 5) is 10.9. The van der Waals surface area contributed by atoms with Crippen LogP contribution in [0.15, 0.2) is 0 Å². The Morgan fingerprint density at radius 2 is 2.25 bits per heavy atom. The number of halogens is 1. The van der Waals surface area contributed by atoms with Crippen molar-refractivity contribution in [2.24, 2.45) is 5.92 Å². The summed E-state index contributed by atoms with van der Waals surface area (Å²) in [5, 5.41) is 8.43. The van der Waals surface area contributed by atoms with Crippen LogP contribution in [-0.2, 0) is 9.53 Å². The summed E-state index contributed by atoms with van der Waals surface area (Å²) in [6.07, 6.45) is 0. The Kier molecular flexibility index (Phi) is 3.68. The van der Waals surface area contributed by atoms with Crippen LogP contribution in [0.3, 0.4) is 0 Å². The zero-order valence-corrected chi connectivity index (χ0v) is 7.43. The van der Waals surface area contributed by atoms with E-state index >= 15 is 0 Å². The van der Waals surface area contributed by atoms with E-state index in [0.717, 1.165) is 0 Å². The molecule has 0 bridgehead atoms. The largest absolute Gasteiger partial charge is 0.463 e. The monoisotopic (exact) mass is 173 g/mol. The second-order valence-corrected chi connectivity index (χ2v) is 2.70. The van der Waals surface area contributed by atoms with Gasteiger partial charge < -0.3 is 4.74 Å². The van der Waals surface area contributed by atoms with Gasteiger partial charge in [-0.3, -0.25) is 0 Å². The predicted octanol–water partition coefficient (Wildman–Crippen LogP) is 1.44. The SMILES string of the molecule is CCOC(=O)C(F)(C#N)C(C)C. The zero-order chi connectivity index (χ0) is 9.78. The van der Waals surface area contributed by atoms with E-state index in [1.165, 1.54) is 19.9 Å². The van der Waals surface area contributed by atoms with E-state index in [1.54, 1.807) is 6.92 Å². The fourth-order valence-corrected chi connectivity index (χ4v) is 0.647. The number of carbonyl (C=O) groups excluding carboxylic acids is 1. The van der Waals surface area contributed by atoms with Crippen molar-refractivity contribution in [3.05, 3.63) is 0 Å². The summed E-state index contributed by atoms with van der Waals surface area (Å²) in [6, 6.07) is 1.32. The molecule has 0 spiro atoms. The van der Waals surface area contributed by atoms with Gasteiger partial charge >= 0.3 is 5.97 Å². The van der Waals surface area contributed by atoms with E-state index in [0.29, 0.717) is 0 Å². The maximum atomic E-state index is 13.4. The number of esters is 1. The van der Waals surface area contributed by atoms with E-state index in [-0.39, 0.29) is 6.61 Å². The highest BCUT2D eigenvalue weighted by Gasteiger charge is 2.44. The maximum Gasteiger partial charge on any atom is 0.359 e. The highest BCUT2D eigenvalue weighted by atomic mass is 19.1. The summed E-state index contributed by atoms with van der Waals surface area (Å²) >= 11 is 0. The molecule has 0 aliphatic rings. The van der Waals surface area contributed by atoms with Crippen LogP contribution in [0.25, 0.3) is 0 Å². The highest BCUT2D eigenvalue weighted by Crippen LogP contribution is 2.22. The van der Waals surface area contributed by atoms with Crippen LogP contribution in [0, 0.1) is 17.2 Å². The van der Waals surface area contributed by atoms with E-state index < -0.39 is 17.6 Å². The molecular weight excluding hydrogens is 161 g/mol. The topological polar surface area (TPSA) is 50.1 Å². The standard InChI is InChI=1S/C8H12FNO2/c1-4-12-7(11)8(9,5-10)6(2)3/h6H,4H2,1-3H3. The smallest absolute Gasteiger partial charge is 0.359 e. The average molecular weight is 173 g/mol. The van der Waals surface area contributed by atoms with Crippen molar-refractivity contribution < 1.29 is 13.9 Å². The number of hydrogen-bond acceptors (Lipinski definition) is 3. The summed E-state index contributed by atoms with van der Waals surface area (Å²) in [5.41, 5.74) is -2.50. The van der Waals surface area contributed by atoms with E-state index in [4.69, 9.17) is 5.26 Å². The fraction of sp³-hybridized carbons (Fsp3) is 0.750. The first-order valence-electron chi connectivity index (χ1n) is 3.76. The van der Waals surface area contributed by atoms with Crippen molar-refractivity contribution in [3.63, 3.8) is 0 Å². The second kappa shape index (κ2) is 4.05. The molecule has 1 atom stereocenters. The van der Waals surface area contributed by atoms with Crippen LogP contribution in [0.4, 0.5) is 4.39 Å². The van der Waals surface area contributed by atoms with Gasteiger partial charge in [-0.05, 0) is 6.92 Å². The van der Waals surface area contributed by atoms with Gasteiger partial charge in [0.15, 0.2) is 0 Å². The lowest BCUT2D eigenvalue weighted by Gasteiger charge is -2.18. The van der Waals surface area contributed by atoms with Crippen LogP contribution in [0.5, 0.6) is 0 Å². The summed E-state index contributed by atoms with van der Waals surface area (Å²) in [6.45, 7) is 4.56. The zero-order valence-electron chi connectivity index (χ0n) is 7.43. The molecule has 0 radical (unpaired) electrons. The molecule has 68 valence electrons. The molecule has 0 rings (SSSR count). The average Bonchev–Trinajstić information content (AvgIpc) is 2.03. The van der Waals surface area contributed by atoms with Crippen LogP contribution < -0.4 is 0 Å². The van der Waals surface area contributed by atoms with Gasteiger partial charge in [0.2, 0.25) is 0 Å². The third kappa shape index (κ3) is 1.94. The molecule has 0 saturated carbocycles. The Morgan fingerprint density at radius 1 is 1.75 bits per heavy atom. The third-order valence-corrected chi connectivity index (χ3v) is 1.53. The Morgan fingerprint density at radius 3 is 2.50 bits per heavy atom. The van der Waals surface area contributed by atoms with Gasteiger partial charge in [0.1, 0.15) is 6.07 Å². The minimum absolute atomic E-state index is 0.0822. The first kappa shape index (κ1) is 10.9. The van der Waals surface area contributed by atoms with Gasteiger partial charge in [0, 0.05) is 5.92 Å². The fourth-order valence-electron chi connectivity index (χ4n) is 0.647. The number of rotatable bonds is 3. The molecule has 0 heterocycles. The Hall–Kier alpha value is -1.11. The molecule has 1 unspecified atom stereocenters. The van der Waals surface area contributed by atoms with Gasteiger partial charge in [-0.25, -0.2) is 9.18 Å². The number of hydrogen-bond donors (Lipinski definition) is 0. The summed E-state index contributed by atoms with van der Waals surface area (Å²) < 4.78 is 17.8. The molecule has 0 aromatic heterocycles. The van der Waals surface area contributed by atoms with Gasteiger partial charge in [-0.15, -0.1) is 0 Å². The number of carbonyl (C=O) groups is 1.